The van der Waals surface area contributed by atoms with Crippen molar-refractivity contribution in [3.8, 4) is 11.5 Å². The quantitative estimate of drug-likeness (QED) is 0.769. The maximum atomic E-state index is 12.7. The molecule has 0 spiro atoms. The number of anilines is 1. The summed E-state index contributed by atoms with van der Waals surface area (Å²) in [6, 6.07) is 8.50. The van der Waals surface area contributed by atoms with E-state index < -0.39 is 16.0 Å². The first-order valence-electron chi connectivity index (χ1n) is 6.95. The van der Waals surface area contributed by atoms with Gasteiger partial charge in [-0.1, -0.05) is 23.7 Å². The Morgan fingerprint density at radius 3 is 2.28 bits per heavy atom. The predicted octanol–water partition coefficient (Wildman–Crippen LogP) is 2.94. The molecule has 7 nitrogen and oxygen atoms in total. The number of nitrogens with one attached hydrogen (secondary N) is 1. The predicted molar refractivity (Wildman–Crippen MR) is 93.1 cm³/mol. The van der Waals surface area contributed by atoms with E-state index in [0.717, 1.165) is 0 Å². The zero-order chi connectivity index (χ0) is 18.6. The molecule has 0 bridgehead atoms. The maximum absolute atomic E-state index is 12.7. The van der Waals surface area contributed by atoms with Gasteiger partial charge in [-0.05, 0) is 18.2 Å². The van der Waals surface area contributed by atoms with Crippen molar-refractivity contribution in [1.29, 1.82) is 0 Å². The standard InChI is InChI=1S/C16H16ClNO6S/c1-22-13-9-14(23-2)12(8-11(13)17)18-25(20,21)15-7-5-4-6-10(15)16(19)24-3/h4-9,18H,1-3H3. The molecular formula is C16H16ClNO6S. The SMILES string of the molecule is COC(=O)c1ccccc1S(=O)(=O)Nc1cc(Cl)c(OC)cc1OC. The Labute approximate surface area is 150 Å². The third kappa shape index (κ3) is 3.97. The number of methoxy groups -OCH3 is 3. The number of ether oxygens (including phenoxy) is 3. The van der Waals surface area contributed by atoms with E-state index in [9.17, 15) is 13.2 Å². The zero-order valence-electron chi connectivity index (χ0n) is 13.7. The third-order valence-corrected chi connectivity index (χ3v) is 5.02. The molecule has 0 fully saturated rings. The largest absolute Gasteiger partial charge is 0.495 e. The van der Waals surface area contributed by atoms with Crippen LogP contribution in [-0.4, -0.2) is 35.7 Å². The highest BCUT2D eigenvalue weighted by molar-refractivity contribution is 7.92. The minimum atomic E-state index is -4.10. The van der Waals surface area contributed by atoms with E-state index in [-0.39, 0.29) is 26.9 Å². The Morgan fingerprint density at radius 1 is 1.04 bits per heavy atom. The molecule has 0 saturated heterocycles. The molecule has 0 aromatic heterocycles. The fourth-order valence-electron chi connectivity index (χ4n) is 2.12. The first kappa shape index (κ1) is 18.9. The van der Waals surface area contributed by atoms with Crippen LogP contribution < -0.4 is 14.2 Å². The molecule has 25 heavy (non-hydrogen) atoms. The van der Waals surface area contributed by atoms with E-state index in [1.807, 2.05) is 0 Å². The summed E-state index contributed by atoms with van der Waals surface area (Å²) >= 11 is 6.05. The molecule has 2 rings (SSSR count). The van der Waals surface area contributed by atoms with Gasteiger partial charge in [0.05, 0.1) is 37.6 Å². The Hall–Kier alpha value is -2.45. The van der Waals surface area contributed by atoms with Crippen LogP contribution in [-0.2, 0) is 14.8 Å². The van der Waals surface area contributed by atoms with Crippen LogP contribution in [0.5, 0.6) is 11.5 Å². The van der Waals surface area contributed by atoms with Crippen molar-refractivity contribution in [1.82, 2.24) is 0 Å². The third-order valence-electron chi connectivity index (χ3n) is 3.30. The minimum Gasteiger partial charge on any atom is -0.495 e. The fraction of sp³-hybridized carbons (Fsp3) is 0.188. The molecule has 0 heterocycles. The van der Waals surface area contributed by atoms with E-state index >= 15 is 0 Å². The average molecular weight is 386 g/mol. The number of hydrogen-bond acceptors (Lipinski definition) is 6. The number of halogens is 1. The molecule has 0 aliphatic rings. The summed E-state index contributed by atoms with van der Waals surface area (Å²) in [5.74, 6) is -0.225. The number of carbonyl (C=O) groups is 1. The monoisotopic (exact) mass is 385 g/mol. The van der Waals surface area contributed by atoms with E-state index in [2.05, 4.69) is 9.46 Å². The lowest BCUT2D eigenvalue weighted by Crippen LogP contribution is -2.18. The van der Waals surface area contributed by atoms with Gasteiger partial charge >= 0.3 is 5.97 Å². The second-order valence-corrected chi connectivity index (χ2v) is 6.84. The summed E-state index contributed by atoms with van der Waals surface area (Å²) in [4.78, 5) is 11.6. The van der Waals surface area contributed by atoms with Gasteiger partial charge in [0.15, 0.2) is 0 Å². The lowest BCUT2D eigenvalue weighted by molar-refractivity contribution is 0.0596. The topological polar surface area (TPSA) is 90.9 Å². The Balaban J connectivity index is 2.51. The van der Waals surface area contributed by atoms with Crippen LogP contribution >= 0.6 is 11.6 Å². The number of hydrogen-bond donors (Lipinski definition) is 1. The number of rotatable bonds is 6. The van der Waals surface area contributed by atoms with Gasteiger partial charge in [-0.2, -0.15) is 0 Å². The second-order valence-electron chi connectivity index (χ2n) is 4.78. The van der Waals surface area contributed by atoms with Crippen LogP contribution in [0.2, 0.25) is 5.02 Å². The van der Waals surface area contributed by atoms with Gasteiger partial charge < -0.3 is 14.2 Å². The summed E-state index contributed by atoms with van der Waals surface area (Å²) in [5, 5.41) is 0.197. The lowest BCUT2D eigenvalue weighted by atomic mass is 10.2. The Bertz CT molecular complexity index is 897. The highest BCUT2D eigenvalue weighted by atomic mass is 35.5. The molecule has 0 unspecified atom stereocenters. The summed E-state index contributed by atoms with van der Waals surface area (Å²) in [6.07, 6.45) is 0. The van der Waals surface area contributed by atoms with Gasteiger partial charge in [0, 0.05) is 6.07 Å². The van der Waals surface area contributed by atoms with Gasteiger partial charge in [-0.3, -0.25) is 4.72 Å². The van der Waals surface area contributed by atoms with Gasteiger partial charge in [0.2, 0.25) is 0 Å². The average Bonchev–Trinajstić information content (AvgIpc) is 2.61. The Morgan fingerprint density at radius 2 is 1.68 bits per heavy atom. The fourth-order valence-corrected chi connectivity index (χ4v) is 3.62. The molecule has 0 radical (unpaired) electrons. The zero-order valence-corrected chi connectivity index (χ0v) is 15.3. The normalized spacial score (nSPS) is 10.9. The van der Waals surface area contributed by atoms with Gasteiger partial charge in [-0.25, -0.2) is 13.2 Å². The number of esters is 1. The van der Waals surface area contributed by atoms with Crippen LogP contribution in [0, 0.1) is 0 Å². The molecule has 9 heteroatoms. The van der Waals surface area contributed by atoms with Crippen LogP contribution in [0.4, 0.5) is 5.69 Å². The van der Waals surface area contributed by atoms with Gasteiger partial charge in [0.1, 0.15) is 16.4 Å². The van der Waals surface area contributed by atoms with Crippen LogP contribution in [0.1, 0.15) is 10.4 Å². The van der Waals surface area contributed by atoms with Crippen molar-refractivity contribution in [3.63, 3.8) is 0 Å². The van der Waals surface area contributed by atoms with E-state index in [1.54, 1.807) is 0 Å². The second kappa shape index (κ2) is 7.62. The van der Waals surface area contributed by atoms with Gasteiger partial charge in [-0.15, -0.1) is 0 Å². The molecule has 0 aliphatic carbocycles. The first-order chi connectivity index (χ1) is 11.8. The molecule has 2 aromatic carbocycles. The summed E-state index contributed by atoms with van der Waals surface area (Å²) in [6.45, 7) is 0. The van der Waals surface area contributed by atoms with Gasteiger partial charge in [0.25, 0.3) is 10.0 Å². The van der Waals surface area contributed by atoms with Crippen LogP contribution in [0.25, 0.3) is 0 Å². The lowest BCUT2D eigenvalue weighted by Gasteiger charge is -2.15. The van der Waals surface area contributed by atoms with Crippen LogP contribution in [0.15, 0.2) is 41.3 Å². The summed E-state index contributed by atoms with van der Waals surface area (Å²) in [7, 11) is -0.121. The molecule has 0 aliphatic heterocycles. The van der Waals surface area contributed by atoms with Crippen molar-refractivity contribution in [2.75, 3.05) is 26.1 Å². The smallest absolute Gasteiger partial charge is 0.339 e. The number of sulfonamides is 1. The molecular weight excluding hydrogens is 370 g/mol. The number of benzene rings is 2. The number of carbonyl (C=O) groups excluding carboxylic acids is 1. The van der Waals surface area contributed by atoms with Crippen molar-refractivity contribution < 1.29 is 27.4 Å². The van der Waals surface area contributed by atoms with Crippen molar-refractivity contribution in [3.05, 3.63) is 47.0 Å². The van der Waals surface area contributed by atoms with Crippen molar-refractivity contribution in [2.45, 2.75) is 4.90 Å². The van der Waals surface area contributed by atoms with Crippen LogP contribution in [0.3, 0.4) is 0 Å². The highest BCUT2D eigenvalue weighted by Crippen LogP contribution is 2.37. The molecule has 2 aromatic rings. The summed E-state index contributed by atoms with van der Waals surface area (Å²) < 4.78 is 42.7. The van der Waals surface area contributed by atoms with E-state index in [0.29, 0.717) is 5.75 Å². The summed E-state index contributed by atoms with van der Waals surface area (Å²) in [5.41, 5.74) is 0.0176. The molecule has 134 valence electrons. The highest BCUT2D eigenvalue weighted by Gasteiger charge is 2.24. The first-order valence-corrected chi connectivity index (χ1v) is 8.81. The molecule has 1 N–H and O–H groups in total. The minimum absolute atomic E-state index is 0.0870. The molecule has 0 amide bonds. The molecule has 0 atom stereocenters. The maximum Gasteiger partial charge on any atom is 0.339 e. The van der Waals surface area contributed by atoms with Crippen molar-refractivity contribution >= 4 is 33.3 Å². The Kier molecular flexibility index (Phi) is 5.76. The van der Waals surface area contributed by atoms with E-state index in [4.69, 9.17) is 21.1 Å². The molecule has 0 saturated carbocycles. The van der Waals surface area contributed by atoms with E-state index in [1.165, 1.54) is 57.7 Å². The van der Waals surface area contributed by atoms with Crippen molar-refractivity contribution in [2.24, 2.45) is 0 Å².